The Morgan fingerprint density at radius 3 is 2.74 bits per heavy atom. The van der Waals surface area contributed by atoms with Crippen LogP contribution in [-0.2, 0) is 15.8 Å². The van der Waals surface area contributed by atoms with Crippen molar-refractivity contribution in [2.75, 3.05) is 4.72 Å². The molecule has 0 fully saturated rings. The van der Waals surface area contributed by atoms with E-state index in [2.05, 4.69) is 14.7 Å². The van der Waals surface area contributed by atoms with E-state index in [9.17, 15) is 18.5 Å². The quantitative estimate of drug-likeness (QED) is 0.632. The highest BCUT2D eigenvalue weighted by Crippen LogP contribution is 2.20. The van der Waals surface area contributed by atoms with Gasteiger partial charge in [-0.15, -0.1) is 0 Å². The van der Waals surface area contributed by atoms with Crippen LogP contribution in [0.5, 0.6) is 0 Å². The summed E-state index contributed by atoms with van der Waals surface area (Å²) in [6.45, 7) is 0. The standard InChI is InChI=1S/C10H10N4O4S/c15-14(16)9-4-2-1-3-8(9)7-19(17,18)13-10-11-5-6-12-10/h1-6H,7H2,(H2,11,12,13). The number of nitrogens with zero attached hydrogens (tertiary/aromatic N) is 2. The fourth-order valence-corrected chi connectivity index (χ4v) is 2.65. The predicted octanol–water partition coefficient (Wildman–Crippen LogP) is 1.26. The van der Waals surface area contributed by atoms with Gasteiger partial charge >= 0.3 is 0 Å². The van der Waals surface area contributed by atoms with Crippen molar-refractivity contribution in [3.63, 3.8) is 0 Å². The number of nitro groups is 1. The molecule has 0 saturated carbocycles. The first-order valence-electron chi connectivity index (χ1n) is 5.20. The third kappa shape index (κ3) is 3.28. The van der Waals surface area contributed by atoms with Crippen LogP contribution in [-0.4, -0.2) is 23.3 Å². The molecule has 2 rings (SSSR count). The van der Waals surface area contributed by atoms with E-state index >= 15 is 0 Å². The highest BCUT2D eigenvalue weighted by molar-refractivity contribution is 7.91. The molecule has 0 radical (unpaired) electrons. The van der Waals surface area contributed by atoms with Crippen molar-refractivity contribution >= 4 is 21.7 Å². The number of sulfonamides is 1. The van der Waals surface area contributed by atoms with Gasteiger partial charge in [0.05, 0.1) is 4.92 Å². The smallest absolute Gasteiger partial charge is 0.273 e. The number of nitrogens with one attached hydrogen (secondary N) is 2. The Kier molecular flexibility index (Phi) is 3.47. The van der Waals surface area contributed by atoms with Gasteiger partial charge in [0.15, 0.2) is 0 Å². The van der Waals surface area contributed by atoms with Gasteiger partial charge in [0.2, 0.25) is 16.0 Å². The molecule has 0 aliphatic heterocycles. The zero-order chi connectivity index (χ0) is 13.9. The summed E-state index contributed by atoms with van der Waals surface area (Å²) < 4.78 is 25.9. The summed E-state index contributed by atoms with van der Waals surface area (Å²) >= 11 is 0. The summed E-state index contributed by atoms with van der Waals surface area (Å²) in [5.41, 5.74) is -0.112. The fourth-order valence-electron chi connectivity index (χ4n) is 1.52. The van der Waals surface area contributed by atoms with Crippen molar-refractivity contribution < 1.29 is 13.3 Å². The van der Waals surface area contributed by atoms with E-state index < -0.39 is 20.7 Å². The molecule has 1 aromatic heterocycles. The summed E-state index contributed by atoms with van der Waals surface area (Å²) in [6.07, 6.45) is 2.85. The normalized spacial score (nSPS) is 11.2. The lowest BCUT2D eigenvalue weighted by molar-refractivity contribution is -0.385. The van der Waals surface area contributed by atoms with Crippen molar-refractivity contribution in [2.24, 2.45) is 0 Å². The van der Waals surface area contributed by atoms with E-state index in [0.29, 0.717) is 0 Å². The van der Waals surface area contributed by atoms with Gasteiger partial charge in [0.25, 0.3) is 5.69 Å². The zero-order valence-electron chi connectivity index (χ0n) is 9.61. The Morgan fingerprint density at radius 1 is 1.37 bits per heavy atom. The molecular weight excluding hydrogens is 272 g/mol. The van der Waals surface area contributed by atoms with Crippen LogP contribution in [0.1, 0.15) is 5.56 Å². The molecule has 0 amide bonds. The van der Waals surface area contributed by atoms with Crippen molar-refractivity contribution in [3.8, 4) is 0 Å². The molecule has 0 aliphatic carbocycles. The van der Waals surface area contributed by atoms with Crippen molar-refractivity contribution in [1.29, 1.82) is 0 Å². The lowest BCUT2D eigenvalue weighted by Crippen LogP contribution is -2.16. The number of hydrogen-bond donors (Lipinski definition) is 2. The minimum Gasteiger partial charge on any atom is -0.330 e. The van der Waals surface area contributed by atoms with Crippen molar-refractivity contribution in [3.05, 3.63) is 52.3 Å². The summed E-state index contributed by atoms with van der Waals surface area (Å²) in [6, 6.07) is 5.69. The predicted molar refractivity (Wildman–Crippen MR) is 67.9 cm³/mol. The summed E-state index contributed by atoms with van der Waals surface area (Å²) in [4.78, 5) is 16.5. The van der Waals surface area contributed by atoms with Crippen LogP contribution in [0.2, 0.25) is 0 Å². The number of aromatic amines is 1. The summed E-state index contributed by atoms with van der Waals surface area (Å²) in [7, 11) is -3.76. The molecule has 1 aromatic carbocycles. The van der Waals surface area contributed by atoms with Gasteiger partial charge in [-0.25, -0.2) is 13.4 Å². The van der Waals surface area contributed by atoms with Gasteiger partial charge < -0.3 is 4.98 Å². The number of H-pyrrole nitrogens is 1. The molecule has 1 heterocycles. The molecule has 0 unspecified atom stereocenters. The Hall–Kier alpha value is -2.42. The van der Waals surface area contributed by atoms with Gasteiger partial charge in [-0.1, -0.05) is 18.2 Å². The van der Waals surface area contributed by atoms with Crippen LogP contribution >= 0.6 is 0 Å². The van der Waals surface area contributed by atoms with Crippen molar-refractivity contribution in [2.45, 2.75) is 5.75 Å². The molecule has 0 atom stereocenters. The SMILES string of the molecule is O=[N+]([O-])c1ccccc1CS(=O)(=O)Nc1ncc[nH]1. The van der Waals surface area contributed by atoms with Gasteiger partial charge in [-0.3, -0.25) is 14.8 Å². The number of rotatable bonds is 5. The number of anilines is 1. The van der Waals surface area contributed by atoms with Crippen LogP contribution in [0, 0.1) is 10.1 Å². The average Bonchev–Trinajstić information content (AvgIpc) is 2.80. The maximum atomic E-state index is 11.8. The summed E-state index contributed by atoms with van der Waals surface area (Å²) in [5, 5.41) is 10.8. The molecule has 0 saturated heterocycles. The third-order valence-corrected chi connectivity index (χ3v) is 3.48. The van der Waals surface area contributed by atoms with Crippen LogP contribution in [0.15, 0.2) is 36.7 Å². The highest BCUT2D eigenvalue weighted by atomic mass is 32.2. The van der Waals surface area contributed by atoms with E-state index in [1.54, 1.807) is 6.07 Å². The number of hydrogen-bond acceptors (Lipinski definition) is 5. The molecule has 9 heteroatoms. The van der Waals surface area contributed by atoms with E-state index in [4.69, 9.17) is 0 Å². The molecule has 0 aliphatic rings. The Balaban J connectivity index is 2.23. The first-order valence-corrected chi connectivity index (χ1v) is 6.85. The maximum Gasteiger partial charge on any atom is 0.273 e. The Labute approximate surface area is 108 Å². The van der Waals surface area contributed by atoms with E-state index in [1.165, 1.54) is 30.6 Å². The van der Waals surface area contributed by atoms with Crippen LogP contribution in [0.4, 0.5) is 11.6 Å². The van der Waals surface area contributed by atoms with Crippen LogP contribution in [0.3, 0.4) is 0 Å². The van der Waals surface area contributed by atoms with Gasteiger partial charge in [-0.2, -0.15) is 0 Å². The monoisotopic (exact) mass is 282 g/mol. The minimum atomic E-state index is -3.76. The number of aromatic nitrogens is 2. The molecule has 100 valence electrons. The van der Waals surface area contributed by atoms with Gasteiger partial charge in [0, 0.05) is 24.0 Å². The largest absolute Gasteiger partial charge is 0.330 e. The zero-order valence-corrected chi connectivity index (χ0v) is 10.4. The van der Waals surface area contributed by atoms with E-state index in [0.717, 1.165) is 0 Å². The topological polar surface area (TPSA) is 118 Å². The first kappa shape index (κ1) is 13.0. The maximum absolute atomic E-state index is 11.8. The lowest BCUT2D eigenvalue weighted by atomic mass is 10.2. The van der Waals surface area contributed by atoms with E-state index in [1.807, 2.05) is 0 Å². The number of imidazole rings is 1. The van der Waals surface area contributed by atoms with Gasteiger partial charge in [-0.05, 0) is 0 Å². The second-order valence-electron chi connectivity index (χ2n) is 3.68. The first-order chi connectivity index (χ1) is 8.98. The Bertz CT molecular complexity index is 681. The molecule has 2 N–H and O–H groups in total. The molecule has 0 spiro atoms. The number of benzene rings is 1. The lowest BCUT2D eigenvalue weighted by Gasteiger charge is -2.05. The Morgan fingerprint density at radius 2 is 2.11 bits per heavy atom. The summed E-state index contributed by atoms with van der Waals surface area (Å²) in [5.74, 6) is -0.427. The van der Waals surface area contributed by atoms with Crippen molar-refractivity contribution in [1.82, 2.24) is 9.97 Å². The van der Waals surface area contributed by atoms with Crippen LogP contribution in [0.25, 0.3) is 0 Å². The highest BCUT2D eigenvalue weighted by Gasteiger charge is 2.20. The number of para-hydroxylation sites is 1. The fraction of sp³-hybridized carbons (Fsp3) is 0.100. The average molecular weight is 282 g/mol. The molecule has 2 aromatic rings. The molecular formula is C10H10N4O4S. The van der Waals surface area contributed by atoms with E-state index in [-0.39, 0.29) is 17.2 Å². The minimum absolute atomic E-state index is 0.0681. The number of nitro benzene ring substituents is 1. The second-order valence-corrected chi connectivity index (χ2v) is 5.41. The molecule has 19 heavy (non-hydrogen) atoms. The van der Waals surface area contributed by atoms with Crippen LogP contribution < -0.4 is 4.72 Å². The third-order valence-electron chi connectivity index (χ3n) is 2.28. The second kappa shape index (κ2) is 5.06. The van der Waals surface area contributed by atoms with Gasteiger partial charge in [0.1, 0.15) is 5.75 Å². The molecule has 8 nitrogen and oxygen atoms in total. The molecule has 0 bridgehead atoms.